The van der Waals surface area contributed by atoms with E-state index in [2.05, 4.69) is 5.32 Å². The minimum atomic E-state index is -3.51. The summed E-state index contributed by atoms with van der Waals surface area (Å²) in [6.45, 7) is 3.43. The highest BCUT2D eigenvalue weighted by Gasteiger charge is 2.31. The molecule has 0 bridgehead atoms. The van der Waals surface area contributed by atoms with Crippen LogP contribution < -0.4 is 5.32 Å². The van der Waals surface area contributed by atoms with E-state index in [1.165, 1.54) is 4.31 Å². The summed E-state index contributed by atoms with van der Waals surface area (Å²) in [7, 11) is -1.89. The molecule has 1 unspecified atom stereocenters. The van der Waals surface area contributed by atoms with Crippen molar-refractivity contribution >= 4 is 34.0 Å². The van der Waals surface area contributed by atoms with Gasteiger partial charge in [-0.25, -0.2) is 8.42 Å². The predicted molar refractivity (Wildman–Crippen MR) is 79.7 cm³/mol. The molecule has 0 aliphatic carbocycles. The molecule has 4 nitrogen and oxygen atoms in total. The molecule has 0 amide bonds. The van der Waals surface area contributed by atoms with Crippen molar-refractivity contribution in [1.82, 2.24) is 9.62 Å². The van der Waals surface area contributed by atoms with Gasteiger partial charge in [0.05, 0.1) is 5.02 Å². The molecule has 0 spiro atoms. The minimum absolute atomic E-state index is 0. The monoisotopic (exact) mass is 324 g/mol. The zero-order valence-electron chi connectivity index (χ0n) is 10.9. The molecule has 7 heteroatoms. The predicted octanol–water partition coefficient (Wildman–Crippen LogP) is 2.05. The summed E-state index contributed by atoms with van der Waals surface area (Å²) in [5, 5.41) is 3.45. The zero-order chi connectivity index (χ0) is 13.3. The topological polar surface area (TPSA) is 49.4 Å². The average Bonchev–Trinajstić information content (AvgIpc) is 2.80. The molecule has 1 aromatic rings. The highest BCUT2D eigenvalue weighted by Crippen LogP contribution is 2.26. The molecule has 1 fully saturated rings. The van der Waals surface area contributed by atoms with Gasteiger partial charge in [-0.2, -0.15) is 4.31 Å². The summed E-state index contributed by atoms with van der Waals surface area (Å²) in [6.07, 6.45) is 0.833. The van der Waals surface area contributed by atoms with Gasteiger partial charge >= 0.3 is 0 Å². The molecule has 1 heterocycles. The maximum Gasteiger partial charge on any atom is 0.244 e. The third-order valence-corrected chi connectivity index (χ3v) is 5.69. The lowest BCUT2D eigenvalue weighted by Crippen LogP contribution is -2.38. The molecule has 0 saturated carbocycles. The molecule has 1 saturated heterocycles. The fraction of sp³-hybridized carbons (Fsp3) is 0.500. The average molecular weight is 325 g/mol. The maximum absolute atomic E-state index is 12.5. The van der Waals surface area contributed by atoms with E-state index in [1.54, 1.807) is 25.2 Å². The Bertz CT molecular complexity index is 543. The normalized spacial score (nSPS) is 19.5. The number of hydrogen-bond acceptors (Lipinski definition) is 3. The molecule has 1 N–H and O–H groups in total. The van der Waals surface area contributed by atoms with Gasteiger partial charge in [0.1, 0.15) is 4.90 Å². The van der Waals surface area contributed by atoms with Crippen LogP contribution in [0.4, 0.5) is 0 Å². The molecular weight excluding hydrogens is 307 g/mol. The number of aryl methyl sites for hydroxylation is 1. The number of benzene rings is 1. The SMILES string of the molecule is Cc1ccc(S(=O)(=O)N(C)C2CCNC2)c(Cl)c1.Cl. The molecule has 0 aromatic heterocycles. The molecule has 1 aliphatic heterocycles. The number of halogens is 2. The number of hydrogen-bond donors (Lipinski definition) is 1. The second kappa shape index (κ2) is 6.41. The first-order valence-corrected chi connectivity index (χ1v) is 7.69. The Labute approximate surface area is 125 Å². The van der Waals surface area contributed by atoms with Crippen molar-refractivity contribution < 1.29 is 8.42 Å². The van der Waals surface area contributed by atoms with Crippen LogP contribution in [0.15, 0.2) is 23.1 Å². The third kappa shape index (κ3) is 3.41. The van der Waals surface area contributed by atoms with Crippen molar-refractivity contribution in [1.29, 1.82) is 0 Å². The van der Waals surface area contributed by atoms with Gasteiger partial charge in [0.25, 0.3) is 0 Å². The van der Waals surface area contributed by atoms with Crippen molar-refractivity contribution in [2.24, 2.45) is 0 Å². The Morgan fingerprint density at radius 3 is 2.63 bits per heavy atom. The van der Waals surface area contributed by atoms with E-state index < -0.39 is 10.0 Å². The minimum Gasteiger partial charge on any atom is -0.315 e. The highest BCUT2D eigenvalue weighted by molar-refractivity contribution is 7.89. The summed E-state index contributed by atoms with van der Waals surface area (Å²) in [4.78, 5) is 0.184. The third-order valence-electron chi connectivity index (χ3n) is 3.29. The molecule has 1 aromatic carbocycles. The molecule has 0 radical (unpaired) electrons. The van der Waals surface area contributed by atoms with Crippen LogP contribution in [0.5, 0.6) is 0 Å². The summed E-state index contributed by atoms with van der Waals surface area (Å²) >= 11 is 6.04. The molecule has 108 valence electrons. The zero-order valence-corrected chi connectivity index (χ0v) is 13.3. The second-order valence-electron chi connectivity index (χ2n) is 4.60. The van der Waals surface area contributed by atoms with E-state index in [0.717, 1.165) is 18.5 Å². The van der Waals surface area contributed by atoms with Gasteiger partial charge in [-0.3, -0.25) is 0 Å². The number of sulfonamides is 1. The van der Waals surface area contributed by atoms with E-state index in [4.69, 9.17) is 11.6 Å². The van der Waals surface area contributed by atoms with Crippen LogP contribution in [0.25, 0.3) is 0 Å². The van der Waals surface area contributed by atoms with E-state index in [9.17, 15) is 8.42 Å². The van der Waals surface area contributed by atoms with Gasteiger partial charge in [-0.1, -0.05) is 17.7 Å². The summed E-state index contributed by atoms with van der Waals surface area (Å²) in [5.41, 5.74) is 0.948. The van der Waals surface area contributed by atoms with Crippen molar-refractivity contribution in [2.75, 3.05) is 20.1 Å². The lowest BCUT2D eigenvalue weighted by molar-refractivity contribution is 0.388. The van der Waals surface area contributed by atoms with Gasteiger partial charge in [-0.15, -0.1) is 12.4 Å². The Kier molecular flexibility index (Phi) is 5.65. The van der Waals surface area contributed by atoms with Crippen LogP contribution in [0, 0.1) is 6.92 Å². The van der Waals surface area contributed by atoms with Crippen molar-refractivity contribution in [3.63, 3.8) is 0 Å². The summed E-state index contributed by atoms with van der Waals surface area (Å²) in [6, 6.07) is 5.02. The Hall–Kier alpha value is -0.330. The quantitative estimate of drug-likeness (QED) is 0.925. The smallest absolute Gasteiger partial charge is 0.244 e. The first kappa shape index (κ1) is 16.7. The van der Waals surface area contributed by atoms with Crippen LogP contribution in [0.3, 0.4) is 0 Å². The highest BCUT2D eigenvalue weighted by atomic mass is 35.5. The summed E-state index contributed by atoms with van der Waals surface area (Å²) < 4.78 is 26.4. The second-order valence-corrected chi connectivity index (χ2v) is 6.97. The Balaban J connectivity index is 0.00000180. The van der Waals surface area contributed by atoms with Crippen LogP contribution in [-0.4, -0.2) is 38.9 Å². The van der Waals surface area contributed by atoms with Crippen LogP contribution in [-0.2, 0) is 10.0 Å². The van der Waals surface area contributed by atoms with Crippen LogP contribution in [0.1, 0.15) is 12.0 Å². The Morgan fingerprint density at radius 1 is 1.42 bits per heavy atom. The lowest BCUT2D eigenvalue weighted by Gasteiger charge is -2.23. The van der Waals surface area contributed by atoms with Crippen molar-refractivity contribution in [2.45, 2.75) is 24.3 Å². The molecular formula is C12H18Cl2N2O2S. The molecule has 1 atom stereocenters. The first-order valence-electron chi connectivity index (χ1n) is 5.88. The first-order chi connectivity index (χ1) is 8.43. The van der Waals surface area contributed by atoms with Gasteiger partial charge in [0, 0.05) is 19.6 Å². The van der Waals surface area contributed by atoms with Gasteiger partial charge in [0.15, 0.2) is 0 Å². The van der Waals surface area contributed by atoms with E-state index in [0.29, 0.717) is 6.54 Å². The molecule has 19 heavy (non-hydrogen) atoms. The van der Waals surface area contributed by atoms with E-state index >= 15 is 0 Å². The largest absolute Gasteiger partial charge is 0.315 e. The molecule has 2 rings (SSSR count). The Morgan fingerprint density at radius 2 is 2.11 bits per heavy atom. The van der Waals surface area contributed by atoms with E-state index in [1.807, 2.05) is 6.92 Å². The van der Waals surface area contributed by atoms with Gasteiger partial charge in [0.2, 0.25) is 10.0 Å². The number of likely N-dealkylation sites (N-methyl/N-ethyl adjacent to an activating group) is 1. The fourth-order valence-electron chi connectivity index (χ4n) is 2.12. The lowest BCUT2D eigenvalue weighted by atomic mass is 10.2. The van der Waals surface area contributed by atoms with Crippen LogP contribution in [0.2, 0.25) is 5.02 Å². The number of nitrogens with one attached hydrogen (secondary N) is 1. The number of nitrogens with zero attached hydrogens (tertiary/aromatic N) is 1. The maximum atomic E-state index is 12.5. The standard InChI is InChI=1S/C12H17ClN2O2S.ClH/c1-9-3-4-12(11(13)7-9)18(16,17)15(2)10-5-6-14-8-10;/h3-4,7,10,14H,5-6,8H2,1-2H3;1H. The van der Waals surface area contributed by atoms with E-state index in [-0.39, 0.29) is 28.4 Å². The molecule has 1 aliphatic rings. The fourth-order valence-corrected chi connectivity index (χ4v) is 4.07. The number of rotatable bonds is 3. The van der Waals surface area contributed by atoms with Gasteiger partial charge < -0.3 is 5.32 Å². The van der Waals surface area contributed by atoms with Crippen molar-refractivity contribution in [3.05, 3.63) is 28.8 Å². The van der Waals surface area contributed by atoms with Crippen molar-refractivity contribution in [3.8, 4) is 0 Å². The van der Waals surface area contributed by atoms with Crippen LogP contribution >= 0.6 is 24.0 Å². The summed E-state index contributed by atoms with van der Waals surface area (Å²) in [5.74, 6) is 0. The van der Waals surface area contributed by atoms with Gasteiger partial charge in [-0.05, 0) is 37.6 Å².